The van der Waals surface area contributed by atoms with E-state index >= 15 is 0 Å². The van der Waals surface area contributed by atoms with Crippen LogP contribution in [-0.2, 0) is 22.7 Å². The van der Waals surface area contributed by atoms with E-state index in [-0.39, 0.29) is 11.8 Å². The molecule has 0 saturated carbocycles. The summed E-state index contributed by atoms with van der Waals surface area (Å²) >= 11 is 0. The number of benzene rings is 1. The number of hydrogen-bond donors (Lipinski definition) is 0. The second kappa shape index (κ2) is 11.0. The Bertz CT molecular complexity index is 933. The molecule has 33 heavy (non-hydrogen) atoms. The Morgan fingerprint density at radius 2 is 1.73 bits per heavy atom. The lowest BCUT2D eigenvalue weighted by atomic mass is 9.93. The third-order valence-electron chi connectivity index (χ3n) is 7.00. The predicted octanol–water partition coefficient (Wildman–Crippen LogP) is 2.86. The van der Waals surface area contributed by atoms with Crippen LogP contribution in [-0.4, -0.2) is 75.6 Å². The van der Waals surface area contributed by atoms with E-state index in [0.717, 1.165) is 76.5 Å². The first-order chi connectivity index (χ1) is 16.0. The third kappa shape index (κ3) is 6.44. The van der Waals surface area contributed by atoms with Gasteiger partial charge in [0.05, 0.1) is 5.69 Å². The summed E-state index contributed by atoms with van der Waals surface area (Å²) in [7, 11) is 0. The number of rotatable bonds is 7. The predicted molar refractivity (Wildman–Crippen MR) is 129 cm³/mol. The van der Waals surface area contributed by atoms with Gasteiger partial charge in [0.2, 0.25) is 11.8 Å². The van der Waals surface area contributed by atoms with Gasteiger partial charge in [-0.3, -0.25) is 19.2 Å². The highest BCUT2D eigenvalue weighted by Gasteiger charge is 2.26. The van der Waals surface area contributed by atoms with Crippen molar-refractivity contribution in [3.8, 4) is 0 Å². The number of aromatic nitrogens is 2. The highest BCUT2D eigenvalue weighted by Crippen LogP contribution is 2.22. The number of carbonyl (C=O) groups excluding carboxylic acids is 2. The minimum absolute atomic E-state index is 0.131. The standard InChI is InChI=1S/C26H37N5O2/c1-21-17-22(2)31(27-21)20-26(33)30-12-6-9-24(19-30)10-11-25(32)29-15-13-28(14-16-29)18-23-7-4-3-5-8-23/h3-5,7-8,17,24H,6,9-16,18-20H2,1-2H3. The second-order valence-corrected chi connectivity index (χ2v) is 9.61. The van der Waals surface area contributed by atoms with Crippen molar-refractivity contribution in [1.29, 1.82) is 0 Å². The Balaban J connectivity index is 1.18. The van der Waals surface area contributed by atoms with Crippen molar-refractivity contribution < 1.29 is 9.59 Å². The SMILES string of the molecule is Cc1cc(C)n(CC(=O)N2CCCC(CCC(=O)N3CCN(Cc4ccccc4)CC3)C2)n1. The summed E-state index contributed by atoms with van der Waals surface area (Å²) in [5.74, 6) is 0.804. The Morgan fingerprint density at radius 1 is 0.970 bits per heavy atom. The smallest absolute Gasteiger partial charge is 0.244 e. The molecule has 1 aromatic carbocycles. The Morgan fingerprint density at radius 3 is 2.42 bits per heavy atom. The number of likely N-dealkylation sites (tertiary alicyclic amines) is 1. The van der Waals surface area contributed by atoms with Crippen LogP contribution in [0.4, 0.5) is 0 Å². The maximum Gasteiger partial charge on any atom is 0.244 e. The molecule has 3 heterocycles. The summed E-state index contributed by atoms with van der Waals surface area (Å²) in [4.78, 5) is 32.0. The molecule has 2 amide bonds. The Hall–Kier alpha value is -2.67. The minimum Gasteiger partial charge on any atom is -0.341 e. The number of aryl methyl sites for hydroxylation is 2. The zero-order chi connectivity index (χ0) is 23.2. The summed E-state index contributed by atoms with van der Waals surface area (Å²) in [6.07, 6.45) is 3.57. The van der Waals surface area contributed by atoms with E-state index in [1.807, 2.05) is 35.8 Å². The topological polar surface area (TPSA) is 61.7 Å². The largest absolute Gasteiger partial charge is 0.341 e. The van der Waals surface area contributed by atoms with Crippen LogP contribution in [0.2, 0.25) is 0 Å². The van der Waals surface area contributed by atoms with E-state index in [2.05, 4.69) is 34.3 Å². The summed E-state index contributed by atoms with van der Waals surface area (Å²) < 4.78 is 1.79. The molecule has 0 bridgehead atoms. The normalized spacial score (nSPS) is 19.6. The molecule has 7 nitrogen and oxygen atoms in total. The molecule has 0 spiro atoms. The van der Waals surface area contributed by atoms with Gasteiger partial charge in [0.25, 0.3) is 0 Å². The number of hydrogen-bond acceptors (Lipinski definition) is 4. The molecular formula is C26H37N5O2. The van der Waals surface area contributed by atoms with Gasteiger partial charge < -0.3 is 9.80 Å². The summed E-state index contributed by atoms with van der Waals surface area (Å²) in [6.45, 7) is 10.2. The molecule has 0 N–H and O–H groups in total. The first-order valence-electron chi connectivity index (χ1n) is 12.3. The van der Waals surface area contributed by atoms with Crippen molar-refractivity contribution in [1.82, 2.24) is 24.5 Å². The van der Waals surface area contributed by atoms with Crippen molar-refractivity contribution in [2.75, 3.05) is 39.3 Å². The van der Waals surface area contributed by atoms with E-state index < -0.39 is 0 Å². The maximum absolute atomic E-state index is 12.8. The van der Waals surface area contributed by atoms with Crippen LogP contribution in [0, 0.1) is 19.8 Å². The minimum atomic E-state index is 0.131. The van der Waals surface area contributed by atoms with Gasteiger partial charge in [-0.05, 0) is 50.7 Å². The van der Waals surface area contributed by atoms with Crippen LogP contribution in [0.1, 0.15) is 42.6 Å². The zero-order valence-electron chi connectivity index (χ0n) is 20.1. The zero-order valence-corrected chi connectivity index (χ0v) is 20.1. The molecule has 2 aliphatic heterocycles. The van der Waals surface area contributed by atoms with Crippen LogP contribution < -0.4 is 0 Å². The van der Waals surface area contributed by atoms with Gasteiger partial charge in [0, 0.05) is 57.9 Å². The first-order valence-corrected chi connectivity index (χ1v) is 12.3. The first kappa shape index (κ1) is 23.5. The van der Waals surface area contributed by atoms with E-state index in [1.54, 1.807) is 4.68 Å². The molecule has 2 saturated heterocycles. The van der Waals surface area contributed by atoms with Crippen molar-refractivity contribution in [2.24, 2.45) is 5.92 Å². The molecule has 0 aliphatic carbocycles. The molecule has 7 heteroatoms. The highest BCUT2D eigenvalue weighted by atomic mass is 16.2. The van der Waals surface area contributed by atoms with Crippen molar-refractivity contribution in [2.45, 2.75) is 52.6 Å². The van der Waals surface area contributed by atoms with Gasteiger partial charge in [0.15, 0.2) is 0 Å². The van der Waals surface area contributed by atoms with Gasteiger partial charge in [-0.25, -0.2) is 0 Å². The molecule has 4 rings (SSSR count). The van der Waals surface area contributed by atoms with Crippen molar-refractivity contribution in [3.05, 3.63) is 53.3 Å². The molecule has 1 unspecified atom stereocenters. The maximum atomic E-state index is 12.8. The highest BCUT2D eigenvalue weighted by molar-refractivity contribution is 5.77. The van der Waals surface area contributed by atoms with Gasteiger partial charge in [-0.1, -0.05) is 30.3 Å². The molecule has 0 radical (unpaired) electrons. The number of nitrogens with zero attached hydrogens (tertiary/aromatic N) is 5. The Labute approximate surface area is 197 Å². The molecule has 178 valence electrons. The number of piperazine rings is 1. The van der Waals surface area contributed by atoms with Crippen LogP contribution in [0.15, 0.2) is 36.4 Å². The summed E-state index contributed by atoms with van der Waals surface area (Å²) in [5, 5.41) is 4.42. The number of piperidine rings is 1. The van der Waals surface area contributed by atoms with Crippen LogP contribution in [0.3, 0.4) is 0 Å². The quantitative estimate of drug-likeness (QED) is 0.650. The number of carbonyl (C=O) groups is 2. The van der Waals surface area contributed by atoms with Gasteiger partial charge in [-0.2, -0.15) is 5.10 Å². The lowest BCUT2D eigenvalue weighted by Gasteiger charge is -2.36. The fourth-order valence-electron chi connectivity index (χ4n) is 5.07. The van der Waals surface area contributed by atoms with Crippen LogP contribution >= 0.6 is 0 Å². The Kier molecular flexibility index (Phi) is 7.81. The van der Waals surface area contributed by atoms with Gasteiger partial charge in [-0.15, -0.1) is 0 Å². The van der Waals surface area contributed by atoms with Crippen molar-refractivity contribution in [3.63, 3.8) is 0 Å². The van der Waals surface area contributed by atoms with Crippen LogP contribution in [0.25, 0.3) is 0 Å². The number of amides is 2. The fourth-order valence-corrected chi connectivity index (χ4v) is 5.07. The van der Waals surface area contributed by atoms with E-state index in [1.165, 1.54) is 5.56 Å². The summed E-state index contributed by atoms with van der Waals surface area (Å²) in [6, 6.07) is 12.5. The molecule has 2 fully saturated rings. The average molecular weight is 452 g/mol. The lowest BCUT2D eigenvalue weighted by Crippen LogP contribution is -2.48. The molecule has 2 aliphatic rings. The average Bonchev–Trinajstić information content (AvgIpc) is 3.15. The summed E-state index contributed by atoms with van der Waals surface area (Å²) in [5.41, 5.74) is 3.28. The molecular weight excluding hydrogens is 414 g/mol. The van der Waals surface area contributed by atoms with E-state index in [9.17, 15) is 9.59 Å². The van der Waals surface area contributed by atoms with Gasteiger partial charge >= 0.3 is 0 Å². The van der Waals surface area contributed by atoms with Gasteiger partial charge in [0.1, 0.15) is 6.54 Å². The monoisotopic (exact) mass is 451 g/mol. The molecule has 1 aromatic heterocycles. The van der Waals surface area contributed by atoms with Crippen LogP contribution in [0.5, 0.6) is 0 Å². The molecule has 2 aromatic rings. The fraction of sp³-hybridized carbons (Fsp3) is 0.577. The second-order valence-electron chi connectivity index (χ2n) is 9.61. The van der Waals surface area contributed by atoms with E-state index in [4.69, 9.17) is 0 Å². The van der Waals surface area contributed by atoms with E-state index in [0.29, 0.717) is 18.9 Å². The lowest BCUT2D eigenvalue weighted by molar-refractivity contribution is -0.134. The molecule has 1 atom stereocenters. The third-order valence-corrected chi connectivity index (χ3v) is 7.00. The van der Waals surface area contributed by atoms with Crippen molar-refractivity contribution >= 4 is 11.8 Å².